The molecular formula is C24H24BrFN6O2S. The highest BCUT2D eigenvalue weighted by Gasteiger charge is 2.32. The Hall–Kier alpha value is -2.89. The first kappa shape index (κ1) is 23.8. The van der Waals surface area contributed by atoms with Crippen LogP contribution in [0.5, 0.6) is 0 Å². The number of piperidine rings is 1. The van der Waals surface area contributed by atoms with Crippen molar-refractivity contribution in [3.8, 4) is 0 Å². The predicted octanol–water partition coefficient (Wildman–Crippen LogP) is 4.51. The van der Waals surface area contributed by atoms with Gasteiger partial charge in [-0.1, -0.05) is 12.1 Å². The van der Waals surface area contributed by atoms with Crippen LogP contribution in [0.4, 0.5) is 10.2 Å². The van der Waals surface area contributed by atoms with Gasteiger partial charge in [0.15, 0.2) is 5.65 Å². The second-order valence-corrected chi connectivity index (χ2v) is 11.4. The van der Waals surface area contributed by atoms with Gasteiger partial charge in [0.25, 0.3) is 0 Å². The molecule has 182 valence electrons. The fourth-order valence-electron chi connectivity index (χ4n) is 4.37. The van der Waals surface area contributed by atoms with Crippen LogP contribution in [0.3, 0.4) is 0 Å². The number of fused-ring (bicyclic) bond motifs is 1. The summed E-state index contributed by atoms with van der Waals surface area (Å²) in [6.07, 6.45) is 6.48. The van der Waals surface area contributed by atoms with Crippen molar-refractivity contribution in [3.05, 3.63) is 82.1 Å². The molecule has 1 aliphatic rings. The Morgan fingerprint density at radius 3 is 2.71 bits per heavy atom. The lowest BCUT2D eigenvalue weighted by molar-refractivity contribution is 0.316. The van der Waals surface area contributed by atoms with E-state index in [0.717, 1.165) is 27.6 Å². The zero-order chi connectivity index (χ0) is 24.6. The van der Waals surface area contributed by atoms with E-state index in [1.54, 1.807) is 23.8 Å². The molecule has 4 heterocycles. The summed E-state index contributed by atoms with van der Waals surface area (Å²) < 4.78 is 44.1. The van der Waals surface area contributed by atoms with E-state index < -0.39 is 15.8 Å². The Morgan fingerprint density at radius 1 is 1.17 bits per heavy atom. The lowest BCUT2D eigenvalue weighted by Crippen LogP contribution is -2.38. The maximum atomic E-state index is 13.8. The van der Waals surface area contributed by atoms with Gasteiger partial charge in [-0.25, -0.2) is 17.8 Å². The summed E-state index contributed by atoms with van der Waals surface area (Å²) in [5.41, 5.74) is 3.15. The van der Waals surface area contributed by atoms with E-state index in [-0.39, 0.29) is 10.8 Å². The van der Waals surface area contributed by atoms with E-state index in [9.17, 15) is 12.8 Å². The van der Waals surface area contributed by atoms with Gasteiger partial charge in [-0.2, -0.15) is 13.9 Å². The molecule has 0 unspecified atom stereocenters. The summed E-state index contributed by atoms with van der Waals surface area (Å²) in [5.74, 6) is 0.324. The first-order chi connectivity index (χ1) is 16.8. The maximum absolute atomic E-state index is 13.8. The van der Waals surface area contributed by atoms with Gasteiger partial charge >= 0.3 is 0 Å². The van der Waals surface area contributed by atoms with Crippen LogP contribution >= 0.6 is 15.9 Å². The van der Waals surface area contributed by atoms with Gasteiger partial charge in [-0.05, 0) is 65.0 Å². The third kappa shape index (κ3) is 4.80. The highest BCUT2D eigenvalue weighted by molar-refractivity contribution is 9.10. The first-order valence-corrected chi connectivity index (χ1v) is 13.5. The summed E-state index contributed by atoms with van der Waals surface area (Å²) in [6, 6.07) is 9.74. The van der Waals surface area contributed by atoms with Gasteiger partial charge in [0.2, 0.25) is 10.0 Å². The van der Waals surface area contributed by atoms with Crippen LogP contribution in [0.2, 0.25) is 0 Å². The second-order valence-electron chi connectivity index (χ2n) is 8.60. The molecule has 0 aliphatic carbocycles. The highest BCUT2D eigenvalue weighted by atomic mass is 79.9. The zero-order valence-electron chi connectivity index (χ0n) is 19.0. The lowest BCUT2D eigenvalue weighted by atomic mass is 9.94. The molecule has 35 heavy (non-hydrogen) atoms. The Balaban J connectivity index is 1.37. The van der Waals surface area contributed by atoms with Crippen LogP contribution in [0.1, 0.15) is 35.6 Å². The minimum atomic E-state index is -3.77. The number of aromatic nitrogens is 4. The van der Waals surface area contributed by atoms with Gasteiger partial charge in [-0.15, -0.1) is 0 Å². The molecule has 0 spiro atoms. The van der Waals surface area contributed by atoms with Crippen molar-refractivity contribution in [2.24, 2.45) is 0 Å². The summed E-state index contributed by atoms with van der Waals surface area (Å²) >= 11 is 3.53. The maximum Gasteiger partial charge on any atom is 0.243 e. The van der Waals surface area contributed by atoms with Crippen LogP contribution in [-0.4, -0.2) is 45.4 Å². The van der Waals surface area contributed by atoms with Crippen molar-refractivity contribution in [1.29, 1.82) is 0 Å². The van der Waals surface area contributed by atoms with Crippen LogP contribution in [-0.2, 0) is 16.6 Å². The molecule has 1 aliphatic heterocycles. The number of nitrogens with one attached hydrogen (secondary N) is 1. The summed E-state index contributed by atoms with van der Waals surface area (Å²) in [5, 5.41) is 7.84. The van der Waals surface area contributed by atoms with E-state index >= 15 is 0 Å². The van der Waals surface area contributed by atoms with Crippen LogP contribution in [0.25, 0.3) is 5.65 Å². The lowest BCUT2D eigenvalue weighted by Gasteiger charge is -2.31. The molecule has 11 heteroatoms. The number of aryl methyl sites for hydroxylation is 1. The molecule has 0 saturated carbocycles. The Kier molecular flexibility index (Phi) is 6.56. The fourth-order valence-corrected chi connectivity index (χ4v) is 6.42. The number of pyridine rings is 1. The third-order valence-corrected chi connectivity index (χ3v) is 8.89. The normalized spacial score (nSPS) is 15.5. The number of sulfonamides is 1. The van der Waals surface area contributed by atoms with Crippen LogP contribution in [0.15, 0.2) is 64.4 Å². The monoisotopic (exact) mass is 558 g/mol. The fraction of sp³-hybridized carbons (Fsp3) is 0.292. The number of hydrogen-bond acceptors (Lipinski definition) is 6. The van der Waals surface area contributed by atoms with E-state index in [1.165, 1.54) is 16.4 Å². The topological polar surface area (TPSA) is 92.5 Å². The molecule has 3 aromatic heterocycles. The Morgan fingerprint density at radius 2 is 1.97 bits per heavy atom. The molecule has 0 radical (unpaired) electrons. The SMILES string of the molecule is Cc1ccc(F)cc1S(=O)(=O)N1CCC(c2cc(NCc3cccnc3)n3ncc(Br)c3n2)CC1. The predicted molar refractivity (Wildman–Crippen MR) is 134 cm³/mol. The molecule has 1 N–H and O–H groups in total. The van der Waals surface area contributed by atoms with Gasteiger partial charge in [0, 0.05) is 49.7 Å². The van der Waals surface area contributed by atoms with Gasteiger partial charge in [0.05, 0.1) is 15.6 Å². The van der Waals surface area contributed by atoms with Crippen molar-refractivity contribution in [2.45, 2.75) is 37.1 Å². The molecule has 1 aromatic carbocycles. The van der Waals surface area contributed by atoms with Crippen LogP contribution in [0, 0.1) is 12.7 Å². The van der Waals surface area contributed by atoms with Gasteiger partial charge in [-0.3, -0.25) is 4.98 Å². The van der Waals surface area contributed by atoms with E-state index in [0.29, 0.717) is 43.7 Å². The van der Waals surface area contributed by atoms with E-state index in [2.05, 4.69) is 31.3 Å². The highest BCUT2D eigenvalue weighted by Crippen LogP contribution is 2.33. The number of rotatable bonds is 6. The van der Waals surface area contributed by atoms with Crippen molar-refractivity contribution >= 4 is 37.4 Å². The van der Waals surface area contributed by atoms with Gasteiger partial charge < -0.3 is 5.32 Å². The van der Waals surface area contributed by atoms with Crippen molar-refractivity contribution < 1.29 is 12.8 Å². The molecule has 5 rings (SSSR count). The summed E-state index contributed by atoms with van der Waals surface area (Å²) in [4.78, 5) is 9.01. The van der Waals surface area contributed by atoms with Crippen molar-refractivity contribution in [3.63, 3.8) is 0 Å². The molecule has 0 bridgehead atoms. The van der Waals surface area contributed by atoms with Gasteiger partial charge in [0.1, 0.15) is 11.6 Å². The average Bonchev–Trinajstić information content (AvgIpc) is 3.25. The summed E-state index contributed by atoms with van der Waals surface area (Å²) in [6.45, 7) is 2.94. The smallest absolute Gasteiger partial charge is 0.243 e. The number of benzene rings is 1. The molecule has 1 saturated heterocycles. The standard InChI is InChI=1S/C24H24BrFN6O2S/c1-16-4-5-19(26)11-22(16)35(33,34)31-9-6-18(7-10-31)21-12-23(28-14-17-3-2-8-27-13-17)32-24(30-21)20(25)15-29-32/h2-5,8,11-13,15,18,28H,6-7,9-10,14H2,1H3. The molecule has 8 nitrogen and oxygen atoms in total. The zero-order valence-corrected chi connectivity index (χ0v) is 21.4. The molecule has 1 fully saturated rings. The first-order valence-electron chi connectivity index (χ1n) is 11.3. The number of nitrogens with zero attached hydrogens (tertiary/aromatic N) is 5. The number of hydrogen-bond donors (Lipinski definition) is 1. The van der Waals surface area contributed by atoms with Crippen LogP contribution < -0.4 is 5.32 Å². The third-order valence-electron chi connectivity index (χ3n) is 6.29. The number of halogens is 2. The quantitative estimate of drug-likeness (QED) is 0.374. The summed E-state index contributed by atoms with van der Waals surface area (Å²) in [7, 11) is -3.77. The number of anilines is 1. The largest absolute Gasteiger partial charge is 0.366 e. The van der Waals surface area contributed by atoms with Crippen molar-refractivity contribution in [2.75, 3.05) is 18.4 Å². The molecular weight excluding hydrogens is 535 g/mol. The second kappa shape index (κ2) is 9.63. The van der Waals surface area contributed by atoms with Crippen molar-refractivity contribution in [1.82, 2.24) is 23.9 Å². The Labute approximate surface area is 211 Å². The van der Waals surface area contributed by atoms with E-state index in [4.69, 9.17) is 4.98 Å². The molecule has 0 amide bonds. The molecule has 0 atom stereocenters. The minimum absolute atomic E-state index is 0.0283. The molecule has 4 aromatic rings. The average molecular weight is 559 g/mol. The van der Waals surface area contributed by atoms with E-state index in [1.807, 2.05) is 24.4 Å². The Bertz CT molecular complexity index is 1470. The minimum Gasteiger partial charge on any atom is -0.366 e.